The number of aromatic nitrogens is 1. The first-order valence-electron chi connectivity index (χ1n) is 9.65. The summed E-state index contributed by atoms with van der Waals surface area (Å²) in [6.45, 7) is 4.02. The molecule has 158 valence electrons. The monoisotopic (exact) mass is 436 g/mol. The molecule has 0 aliphatic carbocycles. The second-order valence-corrected chi connectivity index (χ2v) is 7.88. The Hall–Kier alpha value is -3.65. The highest BCUT2D eigenvalue weighted by Gasteiger charge is 2.48. The molecule has 3 aromatic rings. The molecular weight excluding hydrogens is 416 g/mol. The van der Waals surface area contributed by atoms with Crippen LogP contribution in [0, 0.1) is 6.92 Å². The maximum atomic E-state index is 13.0. The highest BCUT2D eigenvalue weighted by atomic mass is 32.1. The Balaban J connectivity index is 1.94. The SMILES string of the molecule is CCOc1cc([C@H]2C(=C(O)c3ccc(C)cc3)C(=O)C(=O)N2c2nccs2)ccc1O. The normalized spacial score (nSPS) is 17.9. The number of phenols is 1. The summed E-state index contributed by atoms with van der Waals surface area (Å²) < 4.78 is 5.48. The summed E-state index contributed by atoms with van der Waals surface area (Å²) in [5.74, 6) is -1.69. The molecule has 1 aliphatic heterocycles. The molecular formula is C23H20N2O5S. The largest absolute Gasteiger partial charge is 0.507 e. The van der Waals surface area contributed by atoms with Crippen LogP contribution < -0.4 is 9.64 Å². The Labute approximate surface area is 182 Å². The molecule has 0 spiro atoms. The minimum absolute atomic E-state index is 0.0443. The van der Waals surface area contributed by atoms with Gasteiger partial charge in [0.05, 0.1) is 18.2 Å². The minimum Gasteiger partial charge on any atom is -0.507 e. The lowest BCUT2D eigenvalue weighted by Crippen LogP contribution is -2.29. The van der Waals surface area contributed by atoms with Crippen LogP contribution in [-0.4, -0.2) is 33.5 Å². The maximum absolute atomic E-state index is 13.0. The Morgan fingerprint density at radius 3 is 2.58 bits per heavy atom. The number of benzene rings is 2. The van der Waals surface area contributed by atoms with Gasteiger partial charge >= 0.3 is 5.91 Å². The quantitative estimate of drug-likeness (QED) is 0.354. The summed E-state index contributed by atoms with van der Waals surface area (Å²) in [7, 11) is 0. The first-order chi connectivity index (χ1) is 14.9. The van der Waals surface area contributed by atoms with Gasteiger partial charge in [-0.1, -0.05) is 35.9 Å². The van der Waals surface area contributed by atoms with Crippen molar-refractivity contribution in [3.63, 3.8) is 0 Å². The van der Waals surface area contributed by atoms with Gasteiger partial charge in [0.25, 0.3) is 5.78 Å². The van der Waals surface area contributed by atoms with Crippen molar-refractivity contribution < 1.29 is 24.5 Å². The second-order valence-electron chi connectivity index (χ2n) is 7.01. The molecule has 31 heavy (non-hydrogen) atoms. The highest BCUT2D eigenvalue weighted by molar-refractivity contribution is 7.14. The third kappa shape index (κ3) is 3.66. The van der Waals surface area contributed by atoms with Gasteiger partial charge in [-0.15, -0.1) is 11.3 Å². The van der Waals surface area contributed by atoms with Crippen molar-refractivity contribution in [1.29, 1.82) is 0 Å². The van der Waals surface area contributed by atoms with Gasteiger partial charge in [0.2, 0.25) is 0 Å². The van der Waals surface area contributed by atoms with Gasteiger partial charge in [-0.2, -0.15) is 0 Å². The van der Waals surface area contributed by atoms with E-state index < -0.39 is 17.7 Å². The van der Waals surface area contributed by atoms with Gasteiger partial charge in [-0.25, -0.2) is 4.98 Å². The van der Waals surface area contributed by atoms with Crippen molar-refractivity contribution in [2.75, 3.05) is 11.5 Å². The molecule has 7 nitrogen and oxygen atoms in total. The fourth-order valence-electron chi connectivity index (χ4n) is 3.52. The predicted octanol–water partition coefficient (Wildman–Crippen LogP) is 4.18. The van der Waals surface area contributed by atoms with Gasteiger partial charge in [0.15, 0.2) is 16.6 Å². The zero-order valence-corrected chi connectivity index (χ0v) is 17.7. The number of ketones is 1. The van der Waals surface area contributed by atoms with E-state index in [2.05, 4.69) is 4.98 Å². The topological polar surface area (TPSA) is 100.0 Å². The van der Waals surface area contributed by atoms with Gasteiger partial charge in [-0.05, 0) is 31.5 Å². The third-order valence-corrected chi connectivity index (χ3v) is 5.76. The smallest absolute Gasteiger partial charge is 0.301 e. The molecule has 1 aliphatic rings. The fraction of sp³-hybridized carbons (Fsp3) is 0.174. The number of hydrogen-bond acceptors (Lipinski definition) is 7. The number of ether oxygens (including phenoxy) is 1. The number of aromatic hydroxyl groups is 1. The van der Waals surface area contributed by atoms with E-state index >= 15 is 0 Å². The summed E-state index contributed by atoms with van der Waals surface area (Å²) in [4.78, 5) is 31.5. The molecule has 0 unspecified atom stereocenters. The predicted molar refractivity (Wildman–Crippen MR) is 117 cm³/mol. The summed E-state index contributed by atoms with van der Waals surface area (Å²) in [5.41, 5.74) is 1.88. The molecule has 2 heterocycles. The summed E-state index contributed by atoms with van der Waals surface area (Å²) in [6, 6.07) is 10.7. The average Bonchev–Trinajstić information content (AvgIpc) is 3.37. The van der Waals surface area contributed by atoms with Crippen LogP contribution in [0.15, 0.2) is 59.6 Å². The Morgan fingerprint density at radius 2 is 1.94 bits per heavy atom. The van der Waals surface area contributed by atoms with Crippen LogP contribution >= 0.6 is 11.3 Å². The number of nitrogens with zero attached hydrogens (tertiary/aromatic N) is 2. The maximum Gasteiger partial charge on any atom is 0.301 e. The Bertz CT molecular complexity index is 1170. The highest BCUT2D eigenvalue weighted by Crippen LogP contribution is 2.44. The number of aliphatic hydroxyl groups is 1. The van der Waals surface area contributed by atoms with Crippen molar-refractivity contribution in [2.24, 2.45) is 0 Å². The first-order valence-corrected chi connectivity index (χ1v) is 10.5. The lowest BCUT2D eigenvalue weighted by molar-refractivity contribution is -0.132. The number of aliphatic hydroxyl groups excluding tert-OH is 1. The lowest BCUT2D eigenvalue weighted by atomic mass is 9.95. The van der Waals surface area contributed by atoms with Crippen molar-refractivity contribution in [3.05, 3.63) is 76.3 Å². The number of rotatable bonds is 5. The van der Waals surface area contributed by atoms with Crippen molar-refractivity contribution in [2.45, 2.75) is 19.9 Å². The van der Waals surface area contributed by atoms with E-state index in [0.717, 1.165) is 5.56 Å². The zero-order valence-electron chi connectivity index (χ0n) is 16.9. The fourth-order valence-corrected chi connectivity index (χ4v) is 4.19. The second kappa shape index (κ2) is 8.23. The molecule has 2 aromatic carbocycles. The van der Waals surface area contributed by atoms with E-state index in [4.69, 9.17) is 4.74 Å². The molecule has 0 bridgehead atoms. The summed E-state index contributed by atoms with van der Waals surface area (Å²) in [6.07, 6.45) is 1.54. The van der Waals surface area contributed by atoms with E-state index in [-0.39, 0.29) is 22.8 Å². The molecule has 4 rings (SSSR count). The standard InChI is InChI=1S/C23H20N2O5S/c1-3-30-17-12-15(8-9-16(17)26)19-18(20(27)14-6-4-13(2)5-7-14)21(28)22(29)25(19)23-24-10-11-31-23/h4-12,19,26-27H,3H2,1-2H3/t19-/m0/s1. The number of thiazole rings is 1. The van der Waals surface area contributed by atoms with Crippen LogP contribution in [0.5, 0.6) is 11.5 Å². The van der Waals surface area contributed by atoms with Crippen LogP contribution in [0.2, 0.25) is 0 Å². The number of phenolic OH excluding ortho intramolecular Hbond substituents is 1. The average molecular weight is 436 g/mol. The van der Waals surface area contributed by atoms with Crippen LogP contribution in [0.4, 0.5) is 5.13 Å². The lowest BCUT2D eigenvalue weighted by Gasteiger charge is -2.23. The van der Waals surface area contributed by atoms with E-state index in [9.17, 15) is 19.8 Å². The molecule has 1 fully saturated rings. The number of amides is 1. The number of carbonyl (C=O) groups excluding carboxylic acids is 2. The molecule has 8 heteroatoms. The van der Waals surface area contributed by atoms with Crippen molar-refractivity contribution >= 4 is 33.9 Å². The number of Topliss-reactive ketones (excluding diaryl/α,β-unsaturated/α-hetero) is 1. The van der Waals surface area contributed by atoms with E-state index in [1.165, 1.54) is 22.3 Å². The van der Waals surface area contributed by atoms with Gasteiger partial charge < -0.3 is 14.9 Å². The van der Waals surface area contributed by atoms with Crippen LogP contribution in [0.25, 0.3) is 5.76 Å². The molecule has 2 N–H and O–H groups in total. The molecule has 1 saturated heterocycles. The molecule has 0 radical (unpaired) electrons. The molecule has 1 atom stereocenters. The van der Waals surface area contributed by atoms with Crippen molar-refractivity contribution in [1.82, 2.24) is 4.98 Å². The minimum atomic E-state index is -0.924. The molecule has 1 aromatic heterocycles. The van der Waals surface area contributed by atoms with Crippen LogP contribution in [0.3, 0.4) is 0 Å². The summed E-state index contributed by atoms with van der Waals surface area (Å²) >= 11 is 1.21. The van der Waals surface area contributed by atoms with Gasteiger partial charge in [0, 0.05) is 17.1 Å². The Morgan fingerprint density at radius 1 is 1.19 bits per heavy atom. The van der Waals surface area contributed by atoms with Crippen LogP contribution in [0.1, 0.15) is 29.7 Å². The number of anilines is 1. The Kier molecular flexibility index (Phi) is 5.48. The van der Waals surface area contributed by atoms with Gasteiger partial charge in [-0.3, -0.25) is 14.5 Å². The number of aryl methyl sites for hydroxylation is 1. The first kappa shape index (κ1) is 20.6. The van der Waals surface area contributed by atoms with Gasteiger partial charge in [0.1, 0.15) is 5.76 Å². The molecule has 1 amide bonds. The van der Waals surface area contributed by atoms with E-state index in [1.54, 1.807) is 42.8 Å². The van der Waals surface area contributed by atoms with Crippen LogP contribution in [-0.2, 0) is 9.59 Å². The van der Waals surface area contributed by atoms with Crippen molar-refractivity contribution in [3.8, 4) is 11.5 Å². The summed E-state index contributed by atoms with van der Waals surface area (Å²) in [5, 5.41) is 23.2. The number of hydrogen-bond donors (Lipinski definition) is 2. The third-order valence-electron chi connectivity index (χ3n) is 4.99. The molecule has 0 saturated carbocycles. The number of carbonyl (C=O) groups is 2. The van der Waals surface area contributed by atoms with E-state index in [0.29, 0.717) is 22.9 Å². The zero-order chi connectivity index (χ0) is 22.1. The van der Waals surface area contributed by atoms with E-state index in [1.807, 2.05) is 19.1 Å².